The Morgan fingerprint density at radius 1 is 1.50 bits per heavy atom. The van der Waals surface area contributed by atoms with E-state index in [1.54, 1.807) is 6.08 Å². The zero-order chi connectivity index (χ0) is 5.54. The average molecular weight is 112 g/mol. The van der Waals surface area contributed by atoms with Gasteiger partial charge < -0.3 is 0 Å². The van der Waals surface area contributed by atoms with E-state index in [2.05, 4.69) is 19.6 Å². The molecule has 0 aliphatic heterocycles. The van der Waals surface area contributed by atoms with Crippen LogP contribution in [0.2, 0.25) is 0 Å². The predicted octanol–water partition coefficient (Wildman–Crippen LogP) is 3.16. The van der Waals surface area contributed by atoms with Crippen LogP contribution in [0.15, 0.2) is 24.8 Å². The van der Waals surface area contributed by atoms with Gasteiger partial charge >= 0.3 is 0 Å². The zero-order valence-corrected chi connectivity index (χ0v) is 4.85. The molecule has 0 aliphatic carbocycles. The highest BCUT2D eigenvalue weighted by molar-refractivity contribution is 4.96. The zero-order valence-electron chi connectivity index (χ0n) is 4.85. The Balaban J connectivity index is 0. The van der Waals surface area contributed by atoms with Gasteiger partial charge in [0.1, 0.15) is 0 Å². The molecule has 0 aliphatic rings. The van der Waals surface area contributed by atoms with Crippen molar-refractivity contribution in [3.05, 3.63) is 24.8 Å². The quantitative estimate of drug-likeness (QED) is 0.492. The first-order chi connectivity index (χ1) is 3.41. The number of hydrogen-bond donors (Lipinski definition) is 0. The molecule has 0 bridgehead atoms. The average Bonchev–Trinajstić information content (AvgIpc) is 1.69. The molecule has 0 aromatic heterocycles. The fraction of sp³-hybridized carbons (Fsp3) is 0.500. The number of unbranched alkanes of at least 4 members (excludes halogenated alkanes) is 1. The lowest BCUT2D eigenvalue weighted by Gasteiger charge is -1.77. The van der Waals surface area contributed by atoms with Crippen LogP contribution in [0, 0.1) is 0 Å². The van der Waals surface area contributed by atoms with Crippen molar-refractivity contribution in [3.63, 3.8) is 0 Å². The molecular formula is C8H16. The first-order valence-electron chi connectivity index (χ1n) is 2.69. The third-order valence-corrected chi connectivity index (χ3v) is 0.728. The topological polar surface area (TPSA) is 0 Å². The van der Waals surface area contributed by atoms with Crippen molar-refractivity contribution in [2.24, 2.45) is 0 Å². The van der Waals surface area contributed by atoms with Crippen LogP contribution in [0.3, 0.4) is 0 Å². The van der Waals surface area contributed by atoms with Crippen molar-refractivity contribution in [3.8, 4) is 0 Å². The molecule has 0 radical (unpaired) electrons. The van der Waals surface area contributed by atoms with Crippen LogP contribution in [0.4, 0.5) is 0 Å². The van der Waals surface area contributed by atoms with Gasteiger partial charge in [0, 0.05) is 0 Å². The second kappa shape index (κ2) is 9.70. The van der Waals surface area contributed by atoms with Crippen LogP contribution in [0.5, 0.6) is 0 Å². The van der Waals surface area contributed by atoms with Crippen molar-refractivity contribution < 1.29 is 0 Å². The lowest BCUT2D eigenvalue weighted by molar-refractivity contribution is 0.959. The first kappa shape index (κ1) is 10.5. The van der Waals surface area contributed by atoms with Crippen LogP contribution in [-0.2, 0) is 0 Å². The molecule has 0 unspecified atom stereocenters. The highest BCUT2D eigenvalue weighted by Crippen LogP contribution is 1.86. The van der Waals surface area contributed by atoms with Crippen LogP contribution >= 0.6 is 0 Å². The molecule has 8 heavy (non-hydrogen) atoms. The smallest absolute Gasteiger partial charge is 0.0350 e. The Morgan fingerprint density at radius 2 is 2.12 bits per heavy atom. The SMILES string of the molecule is C.C=C/C=C\CCC. The summed E-state index contributed by atoms with van der Waals surface area (Å²) in [5.41, 5.74) is 0. The molecule has 0 saturated heterocycles. The summed E-state index contributed by atoms with van der Waals surface area (Å²) in [6.45, 7) is 5.71. The minimum absolute atomic E-state index is 0. The highest BCUT2D eigenvalue weighted by Gasteiger charge is 1.66. The lowest BCUT2D eigenvalue weighted by Crippen LogP contribution is -1.56. The maximum Gasteiger partial charge on any atom is -0.0350 e. The summed E-state index contributed by atoms with van der Waals surface area (Å²) >= 11 is 0. The van der Waals surface area contributed by atoms with Gasteiger partial charge in [-0.05, 0) is 6.42 Å². The molecule has 0 heteroatoms. The van der Waals surface area contributed by atoms with E-state index in [1.807, 2.05) is 6.08 Å². The van der Waals surface area contributed by atoms with E-state index in [0.29, 0.717) is 0 Å². The van der Waals surface area contributed by atoms with Gasteiger partial charge in [0.15, 0.2) is 0 Å². The van der Waals surface area contributed by atoms with Gasteiger partial charge in [0.2, 0.25) is 0 Å². The van der Waals surface area contributed by atoms with Gasteiger partial charge in [-0.15, -0.1) is 0 Å². The van der Waals surface area contributed by atoms with Gasteiger partial charge in [-0.3, -0.25) is 0 Å². The fourth-order valence-corrected chi connectivity index (χ4v) is 0.359. The van der Waals surface area contributed by atoms with Gasteiger partial charge in [0.25, 0.3) is 0 Å². The van der Waals surface area contributed by atoms with E-state index in [1.165, 1.54) is 12.8 Å². The maximum absolute atomic E-state index is 3.55. The monoisotopic (exact) mass is 112 g/mol. The predicted molar refractivity (Wildman–Crippen MR) is 41.0 cm³/mol. The third-order valence-electron chi connectivity index (χ3n) is 0.728. The molecule has 0 spiro atoms. The second-order valence-electron chi connectivity index (χ2n) is 1.45. The third kappa shape index (κ3) is 9.08. The molecule has 0 fully saturated rings. The Kier molecular flexibility index (Phi) is 12.7. The molecule has 0 saturated carbocycles. The number of hydrogen-bond acceptors (Lipinski definition) is 0. The number of allylic oxidation sites excluding steroid dienone is 3. The summed E-state index contributed by atoms with van der Waals surface area (Å²) in [7, 11) is 0. The lowest BCUT2D eigenvalue weighted by atomic mass is 10.3. The van der Waals surface area contributed by atoms with Crippen molar-refractivity contribution in [2.75, 3.05) is 0 Å². The largest absolute Gasteiger partial charge is 0.0991 e. The fourth-order valence-electron chi connectivity index (χ4n) is 0.359. The van der Waals surface area contributed by atoms with Gasteiger partial charge in [-0.25, -0.2) is 0 Å². The Hall–Kier alpha value is -0.520. The van der Waals surface area contributed by atoms with Crippen LogP contribution in [0.1, 0.15) is 27.2 Å². The van der Waals surface area contributed by atoms with Gasteiger partial charge in [0.05, 0.1) is 0 Å². The van der Waals surface area contributed by atoms with E-state index in [9.17, 15) is 0 Å². The van der Waals surface area contributed by atoms with Crippen molar-refractivity contribution in [1.29, 1.82) is 0 Å². The first-order valence-corrected chi connectivity index (χ1v) is 2.69. The molecule has 0 atom stereocenters. The minimum Gasteiger partial charge on any atom is -0.0991 e. The molecule has 0 aromatic carbocycles. The van der Waals surface area contributed by atoms with E-state index in [0.717, 1.165) is 0 Å². The second-order valence-corrected chi connectivity index (χ2v) is 1.45. The van der Waals surface area contributed by atoms with Gasteiger partial charge in [-0.2, -0.15) is 0 Å². The molecular weight excluding hydrogens is 96.1 g/mol. The summed E-state index contributed by atoms with van der Waals surface area (Å²) in [5, 5.41) is 0. The van der Waals surface area contributed by atoms with Crippen LogP contribution in [-0.4, -0.2) is 0 Å². The Bertz CT molecular complexity index is 60.4. The normalized spacial score (nSPS) is 8.62. The Labute approximate surface area is 52.9 Å². The standard InChI is InChI=1S/C7H12.CH4/c1-3-5-7-6-4-2;/h3,5,7H,1,4,6H2,2H3;1H4/b7-5-;. The number of rotatable bonds is 3. The van der Waals surface area contributed by atoms with E-state index < -0.39 is 0 Å². The van der Waals surface area contributed by atoms with Gasteiger partial charge in [-0.1, -0.05) is 45.6 Å². The molecule has 0 nitrogen and oxygen atoms in total. The molecule has 0 heterocycles. The summed E-state index contributed by atoms with van der Waals surface area (Å²) in [6.07, 6.45) is 8.29. The summed E-state index contributed by atoms with van der Waals surface area (Å²) in [4.78, 5) is 0. The van der Waals surface area contributed by atoms with Crippen molar-refractivity contribution in [2.45, 2.75) is 27.2 Å². The summed E-state index contributed by atoms with van der Waals surface area (Å²) < 4.78 is 0. The molecule has 48 valence electrons. The minimum atomic E-state index is 0. The molecule has 0 N–H and O–H groups in total. The van der Waals surface area contributed by atoms with Crippen molar-refractivity contribution >= 4 is 0 Å². The van der Waals surface area contributed by atoms with E-state index in [-0.39, 0.29) is 7.43 Å². The summed E-state index contributed by atoms with van der Waals surface area (Å²) in [5.74, 6) is 0. The molecule has 0 amide bonds. The van der Waals surface area contributed by atoms with E-state index in [4.69, 9.17) is 0 Å². The van der Waals surface area contributed by atoms with Crippen molar-refractivity contribution in [1.82, 2.24) is 0 Å². The maximum atomic E-state index is 3.55. The van der Waals surface area contributed by atoms with Crippen LogP contribution < -0.4 is 0 Å². The molecule has 0 aromatic rings. The molecule has 0 rings (SSSR count). The summed E-state index contributed by atoms with van der Waals surface area (Å²) in [6, 6.07) is 0. The highest BCUT2D eigenvalue weighted by atomic mass is 13.7. The Morgan fingerprint density at radius 3 is 2.50 bits per heavy atom. The van der Waals surface area contributed by atoms with Crippen LogP contribution in [0.25, 0.3) is 0 Å². The van der Waals surface area contributed by atoms with E-state index >= 15 is 0 Å².